The van der Waals surface area contributed by atoms with Crippen molar-refractivity contribution in [1.82, 2.24) is 20.3 Å². The number of nitrogens with two attached hydrogens (primary N) is 1. The van der Waals surface area contributed by atoms with E-state index in [2.05, 4.69) is 19.8 Å². The first-order valence-electron chi connectivity index (χ1n) is 8.02. The minimum atomic E-state index is -5.27. The Morgan fingerprint density at radius 1 is 1.33 bits per heavy atom. The minimum Gasteiger partial charge on any atom is -0.399 e. The van der Waals surface area contributed by atoms with Gasteiger partial charge >= 0.3 is 10.5 Å². The van der Waals surface area contributed by atoms with Crippen molar-refractivity contribution in [2.75, 3.05) is 5.73 Å². The summed E-state index contributed by atoms with van der Waals surface area (Å²) in [7, 11) is -5.27. The average molecular weight is 399 g/mol. The molecule has 146 valence electrons. The van der Waals surface area contributed by atoms with Gasteiger partial charge in [0, 0.05) is 23.7 Å². The summed E-state index contributed by atoms with van der Waals surface area (Å²) in [6.45, 7) is 4.00. The van der Waals surface area contributed by atoms with E-state index in [4.69, 9.17) is 5.73 Å². The lowest BCUT2D eigenvalue weighted by molar-refractivity contribution is -0.136. The van der Waals surface area contributed by atoms with Crippen LogP contribution in [-0.2, 0) is 20.1 Å². The molecule has 27 heavy (non-hydrogen) atoms. The molecule has 1 aromatic carbocycles. The van der Waals surface area contributed by atoms with E-state index in [0.29, 0.717) is 0 Å². The maximum absolute atomic E-state index is 12.9. The third kappa shape index (κ3) is 5.00. The molecule has 1 atom stereocenters. The van der Waals surface area contributed by atoms with Gasteiger partial charge in [-0.05, 0) is 18.6 Å². The van der Waals surface area contributed by atoms with Crippen LogP contribution in [0.15, 0.2) is 24.4 Å². The van der Waals surface area contributed by atoms with Crippen molar-refractivity contribution in [2.24, 2.45) is 0 Å². The molecule has 0 aliphatic carbocycles. The summed E-state index contributed by atoms with van der Waals surface area (Å²) in [5, 5.41) is 9.85. The highest BCUT2D eigenvalue weighted by Crippen LogP contribution is 2.32. The van der Waals surface area contributed by atoms with E-state index in [1.165, 1.54) is 23.0 Å². The van der Waals surface area contributed by atoms with Crippen molar-refractivity contribution >= 4 is 28.0 Å². The van der Waals surface area contributed by atoms with Crippen LogP contribution in [0.2, 0.25) is 0 Å². The number of carbonyl (C=O) groups excluding carboxylic acids is 2. The molecule has 1 unspecified atom stereocenters. The van der Waals surface area contributed by atoms with Gasteiger partial charge in [0.25, 0.3) is 5.91 Å². The first-order chi connectivity index (χ1) is 12.7. The van der Waals surface area contributed by atoms with Crippen molar-refractivity contribution in [1.29, 1.82) is 0 Å². The molecule has 12 heteroatoms. The molecule has 3 N–H and O–H groups in total. The van der Waals surface area contributed by atoms with Crippen LogP contribution in [0, 0.1) is 0 Å². The highest BCUT2D eigenvalue weighted by molar-refractivity contribution is 7.81. The number of hydrogen-bond acceptors (Lipinski definition) is 8. The van der Waals surface area contributed by atoms with Gasteiger partial charge in [0.1, 0.15) is 11.7 Å². The Labute approximate surface area is 154 Å². The Balaban J connectivity index is 0.00000126. The molecule has 0 saturated carbocycles. The van der Waals surface area contributed by atoms with Crippen LogP contribution in [0.4, 0.5) is 9.57 Å². The molecular formula is C15H18FN5O5S. The predicted molar refractivity (Wildman–Crippen MR) is 93.3 cm³/mol. The van der Waals surface area contributed by atoms with Crippen LogP contribution in [-0.4, -0.2) is 35.2 Å². The molecule has 0 bridgehead atoms. The van der Waals surface area contributed by atoms with Crippen LogP contribution in [0.1, 0.15) is 32.7 Å². The maximum Gasteiger partial charge on any atom is 0.488 e. The fourth-order valence-electron chi connectivity index (χ4n) is 2.41. The lowest BCUT2D eigenvalue weighted by atomic mass is 10.1. The van der Waals surface area contributed by atoms with Crippen LogP contribution >= 0.6 is 0 Å². The fourth-order valence-corrected chi connectivity index (χ4v) is 2.77. The molecule has 2 heterocycles. The molecule has 10 nitrogen and oxygen atoms in total. The quantitative estimate of drug-likeness (QED) is 0.442. The first kappa shape index (κ1) is 20.3. The Kier molecular flexibility index (Phi) is 6.10. The van der Waals surface area contributed by atoms with Gasteiger partial charge in [-0.15, -0.1) is 5.10 Å². The number of amides is 2. The smallest absolute Gasteiger partial charge is 0.399 e. The largest absolute Gasteiger partial charge is 0.488 e. The highest BCUT2D eigenvalue weighted by atomic mass is 32.3. The van der Waals surface area contributed by atoms with E-state index < -0.39 is 22.5 Å². The fraction of sp³-hybridized carbons (Fsp3) is 0.333. The first-order valence-corrected chi connectivity index (χ1v) is 9.33. The number of anilines is 1. The molecule has 1 saturated heterocycles. The zero-order valence-electron chi connectivity index (χ0n) is 14.5. The SMILES string of the molecule is CC.Nc1ccc(-c2cn(C3CCC(=O)NC3=O)nn2)c(OS(=O)(=O)F)c1. The predicted octanol–water partition coefficient (Wildman–Crippen LogP) is 1.12. The monoisotopic (exact) mass is 399 g/mol. The van der Waals surface area contributed by atoms with Crippen LogP contribution < -0.4 is 15.2 Å². The Morgan fingerprint density at radius 3 is 2.67 bits per heavy atom. The van der Waals surface area contributed by atoms with Crippen molar-refractivity contribution in [2.45, 2.75) is 32.7 Å². The molecule has 1 fully saturated rings. The second-order valence-corrected chi connectivity index (χ2v) is 6.24. The number of nitrogens with zero attached hydrogens (tertiary/aromatic N) is 3. The standard InChI is InChI=1S/C13H12FN5O5S.C2H6/c14-25(22,23)24-11-5-7(15)1-2-8(11)9-6-19(18-17-9)10-3-4-12(20)16-13(10)21;1-2/h1-2,5-6,10H,3-4,15H2,(H,16,20,21);1-2H3. The second kappa shape index (κ2) is 8.12. The molecule has 1 aromatic heterocycles. The Bertz CT molecular complexity index is 959. The van der Waals surface area contributed by atoms with E-state index in [1.807, 2.05) is 13.8 Å². The molecule has 0 spiro atoms. The highest BCUT2D eigenvalue weighted by Gasteiger charge is 2.29. The summed E-state index contributed by atoms with van der Waals surface area (Å²) < 4.78 is 39.9. The van der Waals surface area contributed by atoms with Gasteiger partial charge in [-0.25, -0.2) is 4.68 Å². The van der Waals surface area contributed by atoms with Gasteiger partial charge in [-0.2, -0.15) is 8.42 Å². The van der Waals surface area contributed by atoms with Crippen molar-refractivity contribution in [3.8, 4) is 17.0 Å². The van der Waals surface area contributed by atoms with Crippen molar-refractivity contribution in [3.05, 3.63) is 24.4 Å². The molecule has 0 radical (unpaired) electrons. The van der Waals surface area contributed by atoms with Gasteiger partial charge in [-0.3, -0.25) is 14.9 Å². The second-order valence-electron chi connectivity index (χ2n) is 5.28. The number of aromatic nitrogens is 3. The molecule has 3 rings (SSSR count). The lowest BCUT2D eigenvalue weighted by Gasteiger charge is -2.20. The summed E-state index contributed by atoms with van der Waals surface area (Å²) in [6.07, 6.45) is 1.77. The number of nitrogens with one attached hydrogen (secondary N) is 1. The summed E-state index contributed by atoms with van der Waals surface area (Å²) >= 11 is 0. The van der Waals surface area contributed by atoms with Gasteiger partial charge in [0.15, 0.2) is 5.75 Å². The normalized spacial score (nSPS) is 16.9. The Hall–Kier alpha value is -3.02. The van der Waals surface area contributed by atoms with Crippen LogP contribution in [0.25, 0.3) is 11.3 Å². The average Bonchev–Trinajstić information content (AvgIpc) is 3.05. The summed E-state index contributed by atoms with van der Waals surface area (Å²) in [6, 6.07) is 3.21. The van der Waals surface area contributed by atoms with Crippen LogP contribution in [0.3, 0.4) is 0 Å². The Morgan fingerprint density at radius 2 is 2.04 bits per heavy atom. The zero-order valence-corrected chi connectivity index (χ0v) is 15.4. The van der Waals surface area contributed by atoms with Gasteiger partial charge < -0.3 is 9.92 Å². The molecular weight excluding hydrogens is 381 g/mol. The lowest BCUT2D eigenvalue weighted by Crippen LogP contribution is -2.41. The number of benzene rings is 1. The van der Waals surface area contributed by atoms with Crippen LogP contribution in [0.5, 0.6) is 5.75 Å². The number of piperidine rings is 1. The van der Waals surface area contributed by atoms with Crippen molar-refractivity contribution < 1.29 is 26.1 Å². The maximum atomic E-state index is 12.9. The number of carbonyl (C=O) groups is 2. The molecule has 2 aromatic rings. The van der Waals surface area contributed by atoms with E-state index in [1.54, 1.807) is 0 Å². The molecule has 2 amide bonds. The third-order valence-electron chi connectivity index (χ3n) is 3.51. The van der Waals surface area contributed by atoms with Gasteiger partial charge in [0.05, 0.1) is 6.20 Å². The van der Waals surface area contributed by atoms with E-state index in [9.17, 15) is 21.9 Å². The number of halogens is 1. The number of hydrogen-bond donors (Lipinski definition) is 2. The zero-order chi connectivity index (χ0) is 20.2. The van der Waals surface area contributed by atoms with E-state index in [-0.39, 0.29) is 41.4 Å². The number of rotatable bonds is 4. The van der Waals surface area contributed by atoms with Gasteiger partial charge in [0.2, 0.25) is 5.91 Å². The molecule has 1 aliphatic heterocycles. The molecule has 1 aliphatic rings. The third-order valence-corrected chi connectivity index (χ3v) is 3.89. The minimum absolute atomic E-state index is 0.119. The summed E-state index contributed by atoms with van der Waals surface area (Å²) in [5.74, 6) is -1.25. The van der Waals surface area contributed by atoms with E-state index >= 15 is 0 Å². The summed E-state index contributed by atoms with van der Waals surface area (Å²) in [5.41, 5.74) is 5.97. The van der Waals surface area contributed by atoms with Gasteiger partial charge in [-0.1, -0.05) is 22.9 Å². The van der Waals surface area contributed by atoms with E-state index in [0.717, 1.165) is 6.07 Å². The number of imide groups is 1. The summed E-state index contributed by atoms with van der Waals surface area (Å²) in [4.78, 5) is 23.0. The number of nitrogen functional groups attached to an aromatic ring is 1. The van der Waals surface area contributed by atoms with Crippen molar-refractivity contribution in [3.63, 3.8) is 0 Å². The topological polar surface area (TPSA) is 146 Å².